The average Bonchev–Trinajstić information content (AvgIpc) is 3.06. The molecule has 39 heavy (non-hydrogen) atoms. The topological polar surface area (TPSA) is 40.5 Å². The van der Waals surface area contributed by atoms with E-state index in [2.05, 4.69) is 74.8 Å². The molecule has 0 unspecified atom stereocenters. The molecular weight excluding hydrogens is 478 g/mol. The van der Waals surface area contributed by atoms with Crippen molar-refractivity contribution in [2.24, 2.45) is 0 Å². The van der Waals surface area contributed by atoms with Gasteiger partial charge in [0, 0.05) is 22.3 Å². The molecule has 7 rings (SSSR count). The molecule has 0 saturated heterocycles. The number of quaternary nitrogens is 1. The molecule has 190 valence electrons. The molecule has 0 aliphatic carbocycles. The van der Waals surface area contributed by atoms with Gasteiger partial charge in [-0.2, -0.15) is 0 Å². The smallest absolute Gasteiger partial charge is 0.115 e. The van der Waals surface area contributed by atoms with Gasteiger partial charge in [-0.05, 0) is 80.2 Å². The quantitative estimate of drug-likeness (QED) is 0.230. The molecule has 6 aromatic rings. The van der Waals surface area contributed by atoms with E-state index in [1.807, 2.05) is 24.3 Å². The SMILES string of the molecule is C[N+]1(C)Cc2c(-c3ccc(O)cc3)cc3ccccc3c2-c2c(c(-c3ccc(O)cc3)cc3ccccc23)C1. The molecule has 3 nitrogen and oxygen atoms in total. The van der Waals surface area contributed by atoms with Crippen LogP contribution in [0.25, 0.3) is 54.9 Å². The molecular formula is C36H30NO2+. The predicted octanol–water partition coefficient (Wildman–Crippen LogP) is 8.50. The number of phenols is 2. The summed E-state index contributed by atoms with van der Waals surface area (Å²) in [6, 6.07) is 37.3. The van der Waals surface area contributed by atoms with Crippen LogP contribution in [-0.2, 0) is 13.1 Å². The zero-order chi connectivity index (χ0) is 26.7. The van der Waals surface area contributed by atoms with Gasteiger partial charge < -0.3 is 14.7 Å². The van der Waals surface area contributed by atoms with Crippen LogP contribution < -0.4 is 0 Å². The van der Waals surface area contributed by atoms with Crippen molar-refractivity contribution in [3.8, 4) is 44.9 Å². The first-order valence-electron chi connectivity index (χ1n) is 13.4. The first-order chi connectivity index (χ1) is 18.9. The van der Waals surface area contributed by atoms with Crippen LogP contribution in [0.5, 0.6) is 11.5 Å². The highest BCUT2D eigenvalue weighted by molar-refractivity contribution is 6.11. The summed E-state index contributed by atoms with van der Waals surface area (Å²) in [7, 11) is 4.62. The van der Waals surface area contributed by atoms with Crippen molar-refractivity contribution in [1.82, 2.24) is 0 Å². The van der Waals surface area contributed by atoms with Crippen LogP contribution in [0.15, 0.2) is 109 Å². The lowest BCUT2D eigenvalue weighted by Crippen LogP contribution is -2.37. The number of hydrogen-bond donors (Lipinski definition) is 2. The minimum atomic E-state index is 0.275. The van der Waals surface area contributed by atoms with Crippen LogP contribution in [0, 0.1) is 0 Å². The summed E-state index contributed by atoms with van der Waals surface area (Å²) in [4.78, 5) is 0. The Bertz CT molecular complexity index is 1750. The van der Waals surface area contributed by atoms with Gasteiger partial charge in [0.15, 0.2) is 0 Å². The Labute approximate surface area is 228 Å². The van der Waals surface area contributed by atoms with Crippen molar-refractivity contribution in [2.75, 3.05) is 14.1 Å². The molecule has 6 aromatic carbocycles. The molecule has 0 aromatic heterocycles. The predicted molar refractivity (Wildman–Crippen MR) is 161 cm³/mol. The number of benzene rings is 6. The average molecular weight is 509 g/mol. The number of nitrogens with zero attached hydrogens (tertiary/aromatic N) is 1. The molecule has 0 bridgehead atoms. The van der Waals surface area contributed by atoms with E-state index in [1.54, 1.807) is 24.3 Å². The Hall–Kier alpha value is -4.60. The zero-order valence-electron chi connectivity index (χ0n) is 22.1. The van der Waals surface area contributed by atoms with Crippen molar-refractivity contribution in [2.45, 2.75) is 13.1 Å². The highest BCUT2D eigenvalue weighted by Crippen LogP contribution is 2.49. The molecule has 1 heterocycles. The fourth-order valence-corrected chi connectivity index (χ4v) is 6.39. The van der Waals surface area contributed by atoms with Crippen molar-refractivity contribution in [3.05, 3.63) is 120 Å². The van der Waals surface area contributed by atoms with Gasteiger partial charge in [0.25, 0.3) is 0 Å². The molecule has 0 spiro atoms. The second-order valence-corrected chi connectivity index (χ2v) is 11.3. The van der Waals surface area contributed by atoms with Gasteiger partial charge in [0.2, 0.25) is 0 Å². The van der Waals surface area contributed by atoms with Crippen LogP contribution in [-0.4, -0.2) is 28.8 Å². The lowest BCUT2D eigenvalue weighted by molar-refractivity contribution is -0.916. The van der Waals surface area contributed by atoms with Gasteiger partial charge >= 0.3 is 0 Å². The molecule has 0 fully saturated rings. The Kier molecular flexibility index (Phi) is 5.26. The number of rotatable bonds is 2. The van der Waals surface area contributed by atoms with Crippen molar-refractivity contribution < 1.29 is 14.7 Å². The van der Waals surface area contributed by atoms with Crippen LogP contribution in [0.1, 0.15) is 11.1 Å². The third-order valence-corrected chi connectivity index (χ3v) is 8.09. The highest BCUT2D eigenvalue weighted by atomic mass is 16.3. The molecule has 1 aliphatic rings. The summed E-state index contributed by atoms with van der Waals surface area (Å²) in [6.45, 7) is 1.74. The zero-order valence-corrected chi connectivity index (χ0v) is 22.1. The van der Waals surface area contributed by atoms with E-state index in [4.69, 9.17) is 0 Å². The molecule has 3 heteroatoms. The van der Waals surface area contributed by atoms with Crippen LogP contribution >= 0.6 is 0 Å². The van der Waals surface area contributed by atoms with Crippen molar-refractivity contribution in [3.63, 3.8) is 0 Å². The summed E-state index contributed by atoms with van der Waals surface area (Å²) in [6.07, 6.45) is 0. The summed E-state index contributed by atoms with van der Waals surface area (Å²) >= 11 is 0. The van der Waals surface area contributed by atoms with Gasteiger partial charge in [-0.1, -0.05) is 72.8 Å². The Morgan fingerprint density at radius 2 is 0.897 bits per heavy atom. The second-order valence-electron chi connectivity index (χ2n) is 11.3. The molecule has 2 N–H and O–H groups in total. The molecule has 0 saturated carbocycles. The lowest BCUT2D eigenvalue weighted by Gasteiger charge is -2.30. The van der Waals surface area contributed by atoms with E-state index in [9.17, 15) is 10.2 Å². The van der Waals surface area contributed by atoms with Crippen LogP contribution in [0.4, 0.5) is 0 Å². The van der Waals surface area contributed by atoms with E-state index in [-0.39, 0.29) is 11.5 Å². The minimum absolute atomic E-state index is 0.275. The van der Waals surface area contributed by atoms with E-state index in [1.165, 1.54) is 54.9 Å². The summed E-state index contributed by atoms with van der Waals surface area (Å²) in [5.74, 6) is 0.549. The van der Waals surface area contributed by atoms with Gasteiger partial charge in [-0.25, -0.2) is 0 Å². The van der Waals surface area contributed by atoms with Crippen molar-refractivity contribution >= 4 is 21.5 Å². The van der Waals surface area contributed by atoms with Crippen LogP contribution in [0.2, 0.25) is 0 Å². The van der Waals surface area contributed by atoms with Gasteiger partial charge in [0.05, 0.1) is 14.1 Å². The number of aromatic hydroxyl groups is 2. The maximum atomic E-state index is 10.0. The fourth-order valence-electron chi connectivity index (χ4n) is 6.39. The third-order valence-electron chi connectivity index (χ3n) is 8.09. The number of phenolic OH excluding ortho intramolecular Hbond substituents is 2. The normalized spacial score (nSPS) is 14.1. The largest absolute Gasteiger partial charge is 0.508 e. The molecule has 0 atom stereocenters. The number of fused-ring (bicyclic) bond motifs is 7. The summed E-state index contributed by atoms with van der Waals surface area (Å²) in [5.41, 5.74) is 9.89. The monoisotopic (exact) mass is 508 g/mol. The Morgan fingerprint density at radius 3 is 1.31 bits per heavy atom. The van der Waals surface area contributed by atoms with Crippen LogP contribution in [0.3, 0.4) is 0 Å². The Morgan fingerprint density at radius 1 is 0.513 bits per heavy atom. The van der Waals surface area contributed by atoms with Gasteiger partial charge in [-0.15, -0.1) is 0 Å². The second kappa shape index (κ2) is 8.72. The first-order valence-corrected chi connectivity index (χ1v) is 13.4. The molecule has 0 radical (unpaired) electrons. The van der Waals surface area contributed by atoms with E-state index in [0.29, 0.717) is 0 Å². The maximum absolute atomic E-state index is 10.0. The highest BCUT2D eigenvalue weighted by Gasteiger charge is 2.33. The van der Waals surface area contributed by atoms with Gasteiger partial charge in [0.1, 0.15) is 24.6 Å². The summed E-state index contributed by atoms with van der Waals surface area (Å²) in [5, 5.41) is 25.0. The standard InChI is InChI=1S/C36H29NO2/c1-37(2)21-33-31(23-11-15-27(38)16-12-23)19-25-7-3-5-9-29(25)35(33)36-30-10-6-4-8-26(30)20-32(34(36)22-37)24-13-17-28(39)18-14-24/h3-20H,21-22H2,1-2H3,(H-,38,39)/p+1. The van der Waals surface area contributed by atoms with E-state index >= 15 is 0 Å². The first kappa shape index (κ1) is 23.5. The van der Waals surface area contributed by atoms with E-state index < -0.39 is 0 Å². The number of hydrogen-bond acceptors (Lipinski definition) is 2. The molecule has 0 amide bonds. The van der Waals surface area contributed by atoms with E-state index in [0.717, 1.165) is 28.7 Å². The maximum Gasteiger partial charge on any atom is 0.115 e. The minimum Gasteiger partial charge on any atom is -0.508 e. The third kappa shape index (κ3) is 3.94. The molecule has 1 aliphatic heterocycles. The van der Waals surface area contributed by atoms with Gasteiger partial charge in [-0.3, -0.25) is 0 Å². The lowest BCUT2D eigenvalue weighted by atomic mass is 9.82. The summed E-state index contributed by atoms with van der Waals surface area (Å²) < 4.78 is 0.798. The van der Waals surface area contributed by atoms with Crippen molar-refractivity contribution in [1.29, 1.82) is 0 Å². The Balaban J connectivity index is 1.68. The fraction of sp³-hybridized carbons (Fsp3) is 0.111.